The van der Waals surface area contributed by atoms with Crippen LogP contribution in [-0.2, 0) is 0 Å². The average molecular weight is 171 g/mol. The monoisotopic (exact) mass is 171 g/mol. The molecule has 0 aromatic heterocycles. The van der Waals surface area contributed by atoms with Crippen molar-refractivity contribution in [2.75, 3.05) is 0 Å². The van der Waals surface area contributed by atoms with Crippen LogP contribution in [0.5, 0.6) is 0 Å². The van der Waals surface area contributed by atoms with Crippen LogP contribution >= 0.6 is 0 Å². The molecule has 2 rings (SSSR count). The standard InChI is InChI=1S/C11H9NO/c1-7-10(6-12)8-4-2-3-5-9(8)11(7)13/h2-5,7,10H,1H3. The fourth-order valence-electron chi connectivity index (χ4n) is 1.84. The molecule has 1 aromatic rings. The predicted molar refractivity (Wildman–Crippen MR) is 48.3 cm³/mol. The lowest BCUT2D eigenvalue weighted by atomic mass is 9.96. The van der Waals surface area contributed by atoms with Gasteiger partial charge in [0.2, 0.25) is 0 Å². The van der Waals surface area contributed by atoms with Gasteiger partial charge in [-0.1, -0.05) is 31.2 Å². The molecule has 1 aliphatic rings. The van der Waals surface area contributed by atoms with Gasteiger partial charge < -0.3 is 0 Å². The summed E-state index contributed by atoms with van der Waals surface area (Å²) in [5.41, 5.74) is 1.61. The second-order valence-corrected chi connectivity index (χ2v) is 3.35. The van der Waals surface area contributed by atoms with Crippen molar-refractivity contribution in [2.24, 2.45) is 5.92 Å². The fourth-order valence-corrected chi connectivity index (χ4v) is 1.84. The van der Waals surface area contributed by atoms with E-state index in [1.54, 1.807) is 6.07 Å². The number of hydrogen-bond acceptors (Lipinski definition) is 2. The summed E-state index contributed by atoms with van der Waals surface area (Å²) in [4.78, 5) is 11.6. The van der Waals surface area contributed by atoms with E-state index in [1.165, 1.54) is 0 Å². The summed E-state index contributed by atoms with van der Waals surface area (Å²) < 4.78 is 0. The molecular weight excluding hydrogens is 162 g/mol. The van der Waals surface area contributed by atoms with Gasteiger partial charge in [0, 0.05) is 11.5 Å². The summed E-state index contributed by atoms with van der Waals surface area (Å²) in [6.07, 6.45) is 0. The highest BCUT2D eigenvalue weighted by atomic mass is 16.1. The number of nitriles is 1. The molecule has 2 atom stereocenters. The SMILES string of the molecule is CC1C(=O)c2ccccc2C1C#N. The zero-order valence-electron chi connectivity index (χ0n) is 7.32. The van der Waals surface area contributed by atoms with Gasteiger partial charge in [-0.2, -0.15) is 5.26 Å². The van der Waals surface area contributed by atoms with Gasteiger partial charge in [-0.05, 0) is 5.56 Å². The van der Waals surface area contributed by atoms with E-state index in [0.717, 1.165) is 11.1 Å². The third kappa shape index (κ3) is 0.972. The van der Waals surface area contributed by atoms with Crippen LogP contribution in [0.4, 0.5) is 0 Å². The molecule has 0 N–H and O–H groups in total. The molecule has 2 unspecified atom stereocenters. The van der Waals surface area contributed by atoms with E-state index in [2.05, 4.69) is 6.07 Å². The second kappa shape index (κ2) is 2.70. The van der Waals surface area contributed by atoms with Crippen LogP contribution in [0.25, 0.3) is 0 Å². The van der Waals surface area contributed by atoms with E-state index in [0.29, 0.717) is 0 Å². The van der Waals surface area contributed by atoms with Crippen LogP contribution in [0.15, 0.2) is 24.3 Å². The number of carbonyl (C=O) groups is 1. The van der Waals surface area contributed by atoms with E-state index in [1.807, 2.05) is 25.1 Å². The maximum atomic E-state index is 11.6. The molecule has 64 valence electrons. The Kier molecular flexibility index (Phi) is 1.66. The highest BCUT2D eigenvalue weighted by molar-refractivity contribution is 6.03. The highest BCUT2D eigenvalue weighted by Gasteiger charge is 2.36. The molecule has 0 radical (unpaired) electrons. The van der Waals surface area contributed by atoms with Crippen LogP contribution in [0.2, 0.25) is 0 Å². The van der Waals surface area contributed by atoms with Crippen molar-refractivity contribution >= 4 is 5.78 Å². The first-order chi connectivity index (χ1) is 6.25. The topological polar surface area (TPSA) is 40.9 Å². The van der Waals surface area contributed by atoms with Crippen molar-refractivity contribution in [1.29, 1.82) is 5.26 Å². The van der Waals surface area contributed by atoms with E-state index >= 15 is 0 Å². The van der Waals surface area contributed by atoms with Gasteiger partial charge in [-0.15, -0.1) is 0 Å². The molecule has 0 fully saturated rings. The Bertz CT molecular complexity index is 403. The molecule has 0 heterocycles. The van der Waals surface area contributed by atoms with Gasteiger partial charge in [0.05, 0.1) is 12.0 Å². The van der Waals surface area contributed by atoms with Crippen LogP contribution in [0, 0.1) is 17.2 Å². The van der Waals surface area contributed by atoms with Crippen molar-refractivity contribution in [3.8, 4) is 6.07 Å². The van der Waals surface area contributed by atoms with Gasteiger partial charge in [0.1, 0.15) is 0 Å². The Labute approximate surface area is 76.8 Å². The number of carbonyl (C=O) groups excluding carboxylic acids is 1. The lowest BCUT2D eigenvalue weighted by Crippen LogP contribution is -2.07. The molecule has 1 aliphatic carbocycles. The molecule has 0 bridgehead atoms. The largest absolute Gasteiger partial charge is 0.294 e. The van der Waals surface area contributed by atoms with Crippen molar-refractivity contribution in [3.05, 3.63) is 35.4 Å². The first kappa shape index (κ1) is 8.00. The molecule has 0 amide bonds. The quantitative estimate of drug-likeness (QED) is 0.600. The second-order valence-electron chi connectivity index (χ2n) is 3.35. The average Bonchev–Trinajstić information content (AvgIpc) is 2.41. The number of Topliss-reactive ketones (excluding diaryl/α,β-unsaturated/α-hetero) is 1. The first-order valence-electron chi connectivity index (χ1n) is 4.28. The first-order valence-corrected chi connectivity index (χ1v) is 4.28. The number of ketones is 1. The third-order valence-corrected chi connectivity index (χ3v) is 2.61. The van der Waals surface area contributed by atoms with E-state index < -0.39 is 0 Å². The predicted octanol–water partition coefficient (Wildman–Crippen LogP) is 2.13. The number of nitrogens with zero attached hydrogens (tertiary/aromatic N) is 1. The lowest BCUT2D eigenvalue weighted by Gasteiger charge is -2.03. The normalized spacial score (nSPS) is 25.4. The zero-order valence-corrected chi connectivity index (χ0v) is 7.32. The van der Waals surface area contributed by atoms with Gasteiger partial charge >= 0.3 is 0 Å². The molecular formula is C11H9NO. The Morgan fingerprint density at radius 3 is 2.77 bits per heavy atom. The van der Waals surface area contributed by atoms with E-state index in [-0.39, 0.29) is 17.6 Å². The van der Waals surface area contributed by atoms with Gasteiger partial charge in [-0.25, -0.2) is 0 Å². The molecule has 0 saturated heterocycles. The summed E-state index contributed by atoms with van der Waals surface area (Å²) >= 11 is 0. The van der Waals surface area contributed by atoms with Crippen molar-refractivity contribution in [1.82, 2.24) is 0 Å². The van der Waals surface area contributed by atoms with Crippen molar-refractivity contribution < 1.29 is 4.79 Å². The van der Waals surface area contributed by atoms with Crippen molar-refractivity contribution in [3.63, 3.8) is 0 Å². The van der Waals surface area contributed by atoms with Crippen LogP contribution in [0.3, 0.4) is 0 Å². The minimum Gasteiger partial charge on any atom is -0.294 e. The Balaban J connectivity index is 2.62. The van der Waals surface area contributed by atoms with Gasteiger partial charge in [-0.3, -0.25) is 4.79 Å². The Hall–Kier alpha value is -1.62. The van der Waals surface area contributed by atoms with E-state index in [9.17, 15) is 4.79 Å². The van der Waals surface area contributed by atoms with Crippen LogP contribution < -0.4 is 0 Å². The van der Waals surface area contributed by atoms with Gasteiger partial charge in [0.15, 0.2) is 5.78 Å². The third-order valence-electron chi connectivity index (χ3n) is 2.61. The highest BCUT2D eigenvalue weighted by Crippen LogP contribution is 2.36. The Morgan fingerprint density at radius 1 is 1.38 bits per heavy atom. The van der Waals surface area contributed by atoms with Gasteiger partial charge in [0.25, 0.3) is 0 Å². The minimum atomic E-state index is -0.247. The summed E-state index contributed by atoms with van der Waals surface area (Å²) in [5, 5.41) is 8.90. The molecule has 1 aromatic carbocycles. The number of benzene rings is 1. The summed E-state index contributed by atoms with van der Waals surface area (Å²) in [5.74, 6) is -0.326. The maximum absolute atomic E-state index is 11.6. The molecule has 2 nitrogen and oxygen atoms in total. The Morgan fingerprint density at radius 2 is 2.08 bits per heavy atom. The molecule has 13 heavy (non-hydrogen) atoms. The number of hydrogen-bond donors (Lipinski definition) is 0. The van der Waals surface area contributed by atoms with Crippen molar-refractivity contribution in [2.45, 2.75) is 12.8 Å². The minimum absolute atomic E-state index is 0.0992. The fraction of sp³-hybridized carbons (Fsp3) is 0.273. The summed E-state index contributed by atoms with van der Waals surface area (Å²) in [6.45, 7) is 1.82. The zero-order chi connectivity index (χ0) is 9.42. The smallest absolute Gasteiger partial charge is 0.167 e. The number of rotatable bonds is 0. The molecule has 0 spiro atoms. The number of fused-ring (bicyclic) bond motifs is 1. The summed E-state index contributed by atoms with van der Waals surface area (Å²) in [7, 11) is 0. The molecule has 2 heteroatoms. The van der Waals surface area contributed by atoms with Crippen LogP contribution in [-0.4, -0.2) is 5.78 Å². The molecule has 0 saturated carbocycles. The summed E-state index contributed by atoms with van der Waals surface area (Å²) in [6, 6.07) is 9.55. The lowest BCUT2D eigenvalue weighted by molar-refractivity contribution is 0.0941. The van der Waals surface area contributed by atoms with E-state index in [4.69, 9.17) is 5.26 Å². The maximum Gasteiger partial charge on any atom is 0.167 e. The molecule has 0 aliphatic heterocycles. The van der Waals surface area contributed by atoms with Crippen LogP contribution in [0.1, 0.15) is 28.8 Å².